The molecule has 0 spiro atoms. The first-order valence-corrected chi connectivity index (χ1v) is 16.1. The first kappa shape index (κ1) is 31.8. The molecule has 0 aromatic heterocycles. The lowest BCUT2D eigenvalue weighted by molar-refractivity contribution is 0.295. The average Bonchev–Trinajstić information content (AvgIpc) is 3.01. The molecular formula is C36H56N2O2. The molecule has 0 aliphatic carbocycles. The van der Waals surface area contributed by atoms with Crippen LogP contribution in [0.1, 0.15) is 156 Å². The van der Waals surface area contributed by atoms with Gasteiger partial charge >= 0.3 is 0 Å². The third-order valence-corrected chi connectivity index (χ3v) is 7.41. The van der Waals surface area contributed by atoms with Crippen LogP contribution in [-0.2, 0) is 0 Å². The fourth-order valence-electron chi connectivity index (χ4n) is 4.88. The molecule has 0 aliphatic heterocycles. The Bertz CT molecular complexity index is 912. The van der Waals surface area contributed by atoms with Gasteiger partial charge in [-0.1, -0.05) is 143 Å². The summed E-state index contributed by atoms with van der Waals surface area (Å²) in [6.07, 6.45) is 24.6. The van der Waals surface area contributed by atoms with Crippen molar-refractivity contribution in [1.82, 2.24) is 0 Å². The van der Waals surface area contributed by atoms with Crippen molar-refractivity contribution < 1.29 is 12.2 Å². The Kier molecular flexibility index (Phi) is 19.2. The molecule has 0 heterocycles. The molecule has 4 heteroatoms. The van der Waals surface area contributed by atoms with Crippen LogP contribution in [0.25, 0.3) is 11.1 Å². The van der Waals surface area contributed by atoms with Gasteiger partial charge in [-0.05, 0) is 25.0 Å². The van der Waals surface area contributed by atoms with Crippen LogP contribution in [0.3, 0.4) is 0 Å². The average molecular weight is 551 g/mol. The summed E-state index contributed by atoms with van der Waals surface area (Å²) >= 11 is 0. The van der Waals surface area contributed by atoms with Crippen LogP contribution in [0.5, 0.6) is 11.5 Å². The molecular weight excluding hydrogens is 492 g/mol. The second-order valence-electron chi connectivity index (χ2n) is 11.0. The number of benzene rings is 1. The number of nitrogens with zero attached hydrogens (tertiary/aromatic N) is 2. The molecule has 1 rings (SSSR count). The Labute approximate surface area is 249 Å². The second kappa shape index (κ2) is 24.1. The molecule has 0 amide bonds. The highest BCUT2D eigenvalue weighted by Crippen LogP contribution is 2.36. The third-order valence-electron chi connectivity index (χ3n) is 7.41. The number of hydrogen-bond acceptors (Lipinski definition) is 4. The highest BCUT2D eigenvalue weighted by molar-refractivity contribution is 5.85. The van der Waals surface area contributed by atoms with Gasteiger partial charge in [0, 0.05) is 11.1 Å². The maximum Gasteiger partial charge on any atom is 0.128 e. The van der Waals surface area contributed by atoms with Gasteiger partial charge in [-0.15, -0.1) is 0 Å². The molecule has 0 saturated carbocycles. The van der Waals surface area contributed by atoms with E-state index in [2.05, 4.69) is 26.0 Å². The van der Waals surface area contributed by atoms with Crippen molar-refractivity contribution in [1.29, 1.82) is 10.5 Å². The van der Waals surface area contributed by atoms with Crippen LogP contribution in [0, 0.1) is 22.7 Å². The summed E-state index contributed by atoms with van der Waals surface area (Å²) in [7, 11) is 0. The van der Waals surface area contributed by atoms with E-state index in [1.165, 1.54) is 103 Å². The molecule has 4 nitrogen and oxygen atoms in total. The van der Waals surface area contributed by atoms with Crippen molar-refractivity contribution in [2.45, 2.75) is 142 Å². The number of allylic oxidation sites excluding steroid dienone is 2. The summed E-state index contributed by atoms with van der Waals surface area (Å²) in [6.45, 7) is 7.52. The Morgan fingerprint density at radius 2 is 0.875 bits per heavy atom. The van der Waals surface area contributed by atoms with Gasteiger partial charge in [0.1, 0.15) is 11.5 Å². The van der Waals surface area contributed by atoms with Crippen LogP contribution in [-0.4, -0.2) is 13.2 Å². The Morgan fingerprint density at radius 1 is 0.575 bits per heavy atom. The largest absolute Gasteiger partial charge is 0.493 e. The number of hydrogen-bond donors (Lipinski definition) is 0. The molecule has 0 unspecified atom stereocenters. The van der Waals surface area contributed by atoms with E-state index in [0.717, 1.165) is 38.8 Å². The molecule has 0 radical (unpaired) electrons. The first-order valence-electron chi connectivity index (χ1n) is 17.2. The van der Waals surface area contributed by atoms with Crippen LogP contribution in [0.4, 0.5) is 0 Å². The van der Waals surface area contributed by atoms with Gasteiger partial charge in [0.25, 0.3) is 0 Å². The summed E-state index contributed by atoms with van der Waals surface area (Å²) < 4.78 is 27.7. The minimum Gasteiger partial charge on any atom is -0.493 e. The van der Waals surface area contributed by atoms with Crippen molar-refractivity contribution >= 4 is 11.1 Å². The third kappa shape index (κ3) is 15.8. The second-order valence-corrected chi connectivity index (χ2v) is 11.0. The quantitative estimate of drug-likeness (QED) is 0.0849. The van der Waals surface area contributed by atoms with E-state index in [9.17, 15) is 10.5 Å². The molecule has 1 aromatic carbocycles. The summed E-state index contributed by atoms with van der Waals surface area (Å²) in [4.78, 5) is 0. The van der Waals surface area contributed by atoms with Crippen molar-refractivity contribution in [3.8, 4) is 23.6 Å². The van der Waals surface area contributed by atoms with Gasteiger partial charge < -0.3 is 9.47 Å². The molecule has 0 bridgehead atoms. The number of unbranched alkanes of at least 4 members (excludes halogenated alkanes) is 18. The lowest BCUT2D eigenvalue weighted by Gasteiger charge is -2.17. The zero-order valence-corrected chi connectivity index (χ0v) is 25.6. The van der Waals surface area contributed by atoms with E-state index in [-0.39, 0.29) is 11.1 Å². The molecule has 1 aromatic rings. The van der Waals surface area contributed by atoms with Gasteiger partial charge in [-0.25, -0.2) is 0 Å². The number of nitriles is 2. The van der Waals surface area contributed by atoms with Gasteiger partial charge in [0.15, 0.2) is 0 Å². The lowest BCUT2D eigenvalue weighted by atomic mass is 10.00. The molecule has 40 heavy (non-hydrogen) atoms. The zero-order chi connectivity index (χ0) is 30.7. The van der Waals surface area contributed by atoms with E-state index >= 15 is 0 Å². The summed E-state index contributed by atoms with van der Waals surface area (Å²) in [5.41, 5.74) is 1.33. The molecule has 0 fully saturated rings. The molecule has 0 N–H and O–H groups in total. The summed E-state index contributed by atoms with van der Waals surface area (Å²) in [5, 5.41) is 19.3. The highest BCUT2D eigenvalue weighted by Gasteiger charge is 2.16. The topological polar surface area (TPSA) is 66.0 Å². The maximum atomic E-state index is 9.67. The van der Waals surface area contributed by atoms with Crippen molar-refractivity contribution in [2.75, 3.05) is 13.2 Å². The molecule has 222 valence electrons. The number of ether oxygens (including phenoxy) is 2. The Balaban J connectivity index is 2.72. The first-order chi connectivity index (χ1) is 20.7. The maximum absolute atomic E-state index is 9.67. The van der Waals surface area contributed by atoms with E-state index < -0.39 is 0 Å². The van der Waals surface area contributed by atoms with Gasteiger partial charge in [0.05, 0.1) is 39.2 Å². The van der Waals surface area contributed by atoms with E-state index in [1.807, 2.05) is 0 Å². The van der Waals surface area contributed by atoms with E-state index in [0.29, 0.717) is 35.8 Å². The molecule has 0 atom stereocenters. The highest BCUT2D eigenvalue weighted by atomic mass is 16.5. The Morgan fingerprint density at radius 3 is 1.15 bits per heavy atom. The SMILES string of the molecule is [2H]C=C(C#N)c1cc(OCCCCCCCCCCCC)c(C(C#N)=C[2H])cc1OCCCCCCCCCCCC. The van der Waals surface area contributed by atoms with E-state index in [1.54, 1.807) is 12.1 Å². The predicted octanol–water partition coefficient (Wildman–Crippen LogP) is 11.4. The van der Waals surface area contributed by atoms with Crippen LogP contribution in [0.15, 0.2) is 25.2 Å². The normalized spacial score (nSPS) is 12.4. The van der Waals surface area contributed by atoms with Crippen LogP contribution < -0.4 is 9.47 Å². The Hall–Kier alpha value is -2.72. The monoisotopic (exact) mass is 550 g/mol. The minimum absolute atomic E-state index is 0.178. The lowest BCUT2D eigenvalue weighted by Crippen LogP contribution is -2.04. The standard InChI is InChI=1S/C36H56N2O2/c1-5-7-9-11-13-15-17-19-21-23-25-39-35-27-34(32(4)30-38)36(28-33(35)31(3)29-37)40-26-24-22-20-18-16-14-12-10-8-6-2/h27-28H,3-26H2,1-2H3/i3D,4D. The van der Waals surface area contributed by atoms with Gasteiger partial charge in [-0.3, -0.25) is 0 Å². The minimum atomic E-state index is 0.178. The molecule has 0 aliphatic rings. The van der Waals surface area contributed by atoms with Crippen molar-refractivity contribution in [2.24, 2.45) is 0 Å². The van der Waals surface area contributed by atoms with Crippen molar-refractivity contribution in [3.63, 3.8) is 0 Å². The van der Waals surface area contributed by atoms with Crippen LogP contribution >= 0.6 is 0 Å². The summed E-state index contributed by atoms with van der Waals surface area (Å²) in [6, 6.07) is 7.57. The molecule has 0 saturated heterocycles. The zero-order valence-electron chi connectivity index (χ0n) is 27.6. The van der Waals surface area contributed by atoms with Crippen LogP contribution in [0.2, 0.25) is 0 Å². The smallest absolute Gasteiger partial charge is 0.128 e. The van der Waals surface area contributed by atoms with Crippen molar-refractivity contribution in [3.05, 3.63) is 36.4 Å². The summed E-state index contributed by atoms with van der Waals surface area (Å²) in [5.74, 6) is 0.892. The number of rotatable bonds is 26. The van der Waals surface area contributed by atoms with E-state index in [4.69, 9.17) is 12.2 Å². The predicted molar refractivity (Wildman–Crippen MR) is 170 cm³/mol. The van der Waals surface area contributed by atoms with Gasteiger partial charge in [-0.2, -0.15) is 10.5 Å². The van der Waals surface area contributed by atoms with Gasteiger partial charge in [0.2, 0.25) is 0 Å². The fraction of sp³-hybridized carbons (Fsp3) is 0.667. The fourth-order valence-corrected chi connectivity index (χ4v) is 4.88.